The molecule has 0 fully saturated rings. The third-order valence-electron chi connectivity index (χ3n) is 5.65. The first-order valence-corrected chi connectivity index (χ1v) is 11.6. The second kappa shape index (κ2) is 13.4. The van der Waals surface area contributed by atoms with E-state index in [1.807, 2.05) is 6.07 Å². The topological polar surface area (TPSA) is 87.0 Å². The van der Waals surface area contributed by atoms with E-state index < -0.39 is 11.8 Å². The lowest BCUT2D eigenvalue weighted by molar-refractivity contribution is 0.0693. The normalized spacial score (nSPS) is 10.7. The highest BCUT2D eigenvalue weighted by Crippen LogP contribution is 2.29. The number of ketones is 1. The molecule has 2 aromatic rings. The summed E-state index contributed by atoms with van der Waals surface area (Å²) >= 11 is 0. The quantitative estimate of drug-likeness (QED) is 0.184. The third-order valence-corrected chi connectivity index (χ3v) is 5.65. The average Bonchev–Trinajstić information content (AvgIpc) is 2.82. The van der Waals surface area contributed by atoms with E-state index in [4.69, 9.17) is 0 Å². The van der Waals surface area contributed by atoms with Crippen LogP contribution in [0.25, 0.3) is 0 Å². The Morgan fingerprint density at radius 2 is 1.41 bits per heavy atom. The molecule has 32 heavy (non-hydrogen) atoms. The van der Waals surface area contributed by atoms with Gasteiger partial charge in [0.25, 0.3) is 0 Å². The molecular formula is C26H34N2O4. The molecule has 0 atom stereocenters. The second-order valence-electron chi connectivity index (χ2n) is 8.08. The number of carboxylic acid groups (broad SMARTS) is 1. The van der Waals surface area contributed by atoms with Crippen LogP contribution in [0.4, 0.5) is 11.4 Å². The Labute approximate surface area is 190 Å². The molecule has 0 unspecified atom stereocenters. The number of hydrogen-bond acceptors (Lipinski definition) is 5. The molecule has 0 aliphatic rings. The van der Waals surface area contributed by atoms with Crippen molar-refractivity contribution in [3.63, 3.8) is 0 Å². The number of carboxylic acids is 1. The number of nitroso groups, excluding NO2 is 1. The molecular weight excluding hydrogens is 404 g/mol. The molecule has 0 bridgehead atoms. The number of aromatic carboxylic acids is 1. The summed E-state index contributed by atoms with van der Waals surface area (Å²) in [4.78, 5) is 38.4. The first kappa shape index (κ1) is 25.2. The smallest absolute Gasteiger partial charge is 0.336 e. The molecule has 172 valence electrons. The molecule has 0 spiro atoms. The number of carbonyl (C=O) groups is 2. The van der Waals surface area contributed by atoms with Crippen LogP contribution < -0.4 is 4.90 Å². The molecule has 6 heteroatoms. The number of unbranched alkanes of at least 4 members (excludes halogenated alkanes) is 6. The van der Waals surface area contributed by atoms with Crippen molar-refractivity contribution in [2.24, 2.45) is 5.18 Å². The molecule has 0 amide bonds. The summed E-state index contributed by atoms with van der Waals surface area (Å²) in [5.41, 5.74) is 0.991. The molecule has 2 rings (SSSR count). The molecule has 0 radical (unpaired) electrons. The van der Waals surface area contributed by atoms with Gasteiger partial charge >= 0.3 is 5.97 Å². The van der Waals surface area contributed by atoms with Gasteiger partial charge in [0, 0.05) is 24.3 Å². The van der Waals surface area contributed by atoms with Crippen molar-refractivity contribution in [2.45, 2.75) is 65.2 Å². The van der Waals surface area contributed by atoms with Gasteiger partial charge < -0.3 is 10.0 Å². The van der Waals surface area contributed by atoms with Crippen LogP contribution in [0.5, 0.6) is 0 Å². The summed E-state index contributed by atoms with van der Waals surface area (Å²) in [5, 5.41) is 12.5. The fourth-order valence-electron chi connectivity index (χ4n) is 3.83. The number of nitrogens with zero attached hydrogens (tertiary/aromatic N) is 2. The van der Waals surface area contributed by atoms with Crippen LogP contribution in [0.2, 0.25) is 0 Å². The Morgan fingerprint density at radius 3 is 1.94 bits per heavy atom. The lowest BCUT2D eigenvalue weighted by Gasteiger charge is -2.25. The van der Waals surface area contributed by atoms with Crippen molar-refractivity contribution in [1.82, 2.24) is 0 Å². The van der Waals surface area contributed by atoms with Gasteiger partial charge in [0.1, 0.15) is 5.69 Å². The van der Waals surface area contributed by atoms with Crippen molar-refractivity contribution < 1.29 is 14.7 Å². The molecule has 0 heterocycles. The summed E-state index contributed by atoms with van der Waals surface area (Å²) in [6, 6.07) is 11.1. The van der Waals surface area contributed by atoms with Crippen molar-refractivity contribution in [2.75, 3.05) is 18.0 Å². The van der Waals surface area contributed by atoms with E-state index in [2.05, 4.69) is 23.9 Å². The highest BCUT2D eigenvalue weighted by Gasteiger charge is 2.21. The van der Waals surface area contributed by atoms with Crippen LogP contribution in [-0.4, -0.2) is 29.9 Å². The predicted octanol–water partition coefficient (Wildman–Crippen LogP) is 6.98. The van der Waals surface area contributed by atoms with Crippen molar-refractivity contribution in [3.05, 3.63) is 64.1 Å². The lowest BCUT2D eigenvalue weighted by atomic mass is 9.97. The minimum atomic E-state index is -1.18. The zero-order chi connectivity index (χ0) is 23.3. The maximum atomic E-state index is 13.0. The van der Waals surface area contributed by atoms with E-state index in [-0.39, 0.29) is 22.4 Å². The van der Waals surface area contributed by atoms with E-state index in [9.17, 15) is 19.6 Å². The standard InChI is InChI=1S/C26H34N2O4/c1-3-5-7-11-17-28(18-12-8-6-4-2)20-15-16-23(24(19-20)27-32)25(29)21-13-9-10-14-22(21)26(30)31/h9-10,13-16,19H,3-8,11-12,17-18H2,1-2H3,(H,30,31). The summed E-state index contributed by atoms with van der Waals surface area (Å²) < 4.78 is 0. The Hall–Kier alpha value is -3.02. The Kier molecular flexibility index (Phi) is 10.6. The minimum Gasteiger partial charge on any atom is -0.478 e. The van der Waals surface area contributed by atoms with Gasteiger partial charge in [-0.25, -0.2) is 4.79 Å². The Morgan fingerprint density at radius 1 is 0.812 bits per heavy atom. The summed E-state index contributed by atoms with van der Waals surface area (Å²) in [5.74, 6) is -1.70. The van der Waals surface area contributed by atoms with Crippen LogP contribution in [-0.2, 0) is 0 Å². The largest absolute Gasteiger partial charge is 0.478 e. The molecule has 6 nitrogen and oxygen atoms in total. The predicted molar refractivity (Wildman–Crippen MR) is 129 cm³/mol. The number of benzene rings is 2. The van der Waals surface area contributed by atoms with E-state index >= 15 is 0 Å². The fourth-order valence-corrected chi connectivity index (χ4v) is 3.83. The minimum absolute atomic E-state index is 0.0415. The van der Waals surface area contributed by atoms with Crippen molar-refractivity contribution in [1.29, 1.82) is 0 Å². The number of carbonyl (C=O) groups excluding carboxylic acids is 1. The number of rotatable bonds is 15. The zero-order valence-corrected chi connectivity index (χ0v) is 19.2. The first-order valence-electron chi connectivity index (χ1n) is 11.6. The van der Waals surface area contributed by atoms with Crippen LogP contribution in [0.15, 0.2) is 47.6 Å². The van der Waals surface area contributed by atoms with Gasteiger partial charge in [-0.3, -0.25) is 4.79 Å². The van der Waals surface area contributed by atoms with Gasteiger partial charge in [-0.05, 0) is 42.3 Å². The van der Waals surface area contributed by atoms with Crippen LogP contribution in [0.3, 0.4) is 0 Å². The molecule has 0 saturated carbocycles. The van der Waals surface area contributed by atoms with Crippen LogP contribution >= 0.6 is 0 Å². The molecule has 1 N–H and O–H groups in total. The Bertz CT molecular complexity index is 898. The average molecular weight is 439 g/mol. The van der Waals surface area contributed by atoms with Crippen molar-refractivity contribution in [3.8, 4) is 0 Å². The molecule has 0 aliphatic carbocycles. The highest BCUT2D eigenvalue weighted by atomic mass is 16.4. The zero-order valence-electron chi connectivity index (χ0n) is 19.2. The van der Waals surface area contributed by atoms with Crippen LogP contribution in [0.1, 0.15) is 91.5 Å². The van der Waals surface area contributed by atoms with Crippen LogP contribution in [0, 0.1) is 4.91 Å². The van der Waals surface area contributed by atoms with Gasteiger partial charge in [0.2, 0.25) is 0 Å². The molecule has 0 saturated heterocycles. The lowest BCUT2D eigenvalue weighted by Crippen LogP contribution is -2.25. The van der Waals surface area contributed by atoms with Crippen molar-refractivity contribution >= 4 is 23.1 Å². The maximum Gasteiger partial charge on any atom is 0.336 e. The molecule has 0 aliphatic heterocycles. The third kappa shape index (κ3) is 7.01. The fraction of sp³-hybridized carbons (Fsp3) is 0.462. The van der Waals surface area contributed by atoms with E-state index in [1.165, 1.54) is 37.8 Å². The summed E-state index contributed by atoms with van der Waals surface area (Å²) in [7, 11) is 0. The second-order valence-corrected chi connectivity index (χ2v) is 8.08. The van der Waals surface area contributed by atoms with Gasteiger partial charge in [0.05, 0.1) is 11.1 Å². The summed E-state index contributed by atoms with van der Waals surface area (Å²) in [6.45, 7) is 6.14. The molecule has 0 aromatic heterocycles. The van der Waals surface area contributed by atoms with E-state index in [0.717, 1.165) is 44.5 Å². The van der Waals surface area contributed by atoms with Gasteiger partial charge in [-0.1, -0.05) is 70.6 Å². The SMILES string of the molecule is CCCCCCN(CCCCCC)c1ccc(C(=O)c2ccccc2C(=O)O)c(N=O)c1. The maximum absolute atomic E-state index is 13.0. The van der Waals surface area contributed by atoms with Gasteiger partial charge in [-0.15, -0.1) is 4.91 Å². The molecule has 2 aromatic carbocycles. The Balaban J connectivity index is 2.29. The highest BCUT2D eigenvalue weighted by molar-refractivity contribution is 6.16. The first-order chi connectivity index (χ1) is 15.5. The monoisotopic (exact) mass is 438 g/mol. The number of anilines is 1. The summed E-state index contributed by atoms with van der Waals surface area (Å²) in [6.07, 6.45) is 9.18. The number of hydrogen-bond donors (Lipinski definition) is 1. The van der Waals surface area contributed by atoms with E-state index in [1.54, 1.807) is 24.3 Å². The van der Waals surface area contributed by atoms with E-state index in [0.29, 0.717) is 0 Å². The van der Waals surface area contributed by atoms with Gasteiger partial charge in [-0.2, -0.15) is 0 Å². The van der Waals surface area contributed by atoms with Gasteiger partial charge in [0.15, 0.2) is 5.78 Å².